The van der Waals surface area contributed by atoms with E-state index in [0.29, 0.717) is 5.92 Å². The van der Waals surface area contributed by atoms with Gasteiger partial charge in [0.15, 0.2) is 0 Å². The fourth-order valence-corrected chi connectivity index (χ4v) is 1.69. The van der Waals surface area contributed by atoms with Gasteiger partial charge in [0.05, 0.1) is 11.4 Å². The molecule has 17 heavy (non-hydrogen) atoms. The summed E-state index contributed by atoms with van der Waals surface area (Å²) in [7, 11) is 1.98. The summed E-state index contributed by atoms with van der Waals surface area (Å²) in [5, 5.41) is 4.49. The second kappa shape index (κ2) is 5.00. The van der Waals surface area contributed by atoms with Crippen molar-refractivity contribution in [3.8, 4) is 0 Å². The van der Waals surface area contributed by atoms with Crippen molar-refractivity contribution in [1.82, 2.24) is 9.78 Å². The second-order valence-electron chi connectivity index (χ2n) is 4.52. The molecule has 1 heterocycles. The van der Waals surface area contributed by atoms with Crippen molar-refractivity contribution < 1.29 is 0 Å². The van der Waals surface area contributed by atoms with Gasteiger partial charge in [0, 0.05) is 7.05 Å². The highest BCUT2D eigenvalue weighted by molar-refractivity contribution is 5.68. The average molecular weight is 226 g/mol. The predicted octanol–water partition coefficient (Wildman–Crippen LogP) is 3.71. The maximum absolute atomic E-state index is 4.49. The van der Waals surface area contributed by atoms with E-state index in [9.17, 15) is 0 Å². The van der Waals surface area contributed by atoms with Crippen molar-refractivity contribution in [3.63, 3.8) is 0 Å². The molecule has 0 bridgehead atoms. The monoisotopic (exact) mass is 226 g/mol. The summed E-state index contributed by atoms with van der Waals surface area (Å²) in [5.41, 5.74) is 3.48. The number of rotatable bonds is 3. The van der Waals surface area contributed by atoms with Crippen LogP contribution in [0.15, 0.2) is 36.4 Å². The van der Waals surface area contributed by atoms with Crippen molar-refractivity contribution in [1.29, 1.82) is 0 Å². The average Bonchev–Trinajstić information content (AvgIpc) is 2.70. The minimum atomic E-state index is 0.472. The fraction of sp³-hybridized carbons (Fsp3) is 0.267. The van der Waals surface area contributed by atoms with E-state index in [0.717, 1.165) is 11.4 Å². The topological polar surface area (TPSA) is 17.8 Å². The van der Waals surface area contributed by atoms with E-state index in [4.69, 9.17) is 0 Å². The fourth-order valence-electron chi connectivity index (χ4n) is 1.69. The Hall–Kier alpha value is -1.83. The molecule has 0 amide bonds. The lowest BCUT2D eigenvalue weighted by atomic mass is 10.1. The first-order valence-electron chi connectivity index (χ1n) is 5.94. The second-order valence-corrected chi connectivity index (χ2v) is 4.52. The van der Waals surface area contributed by atoms with Gasteiger partial charge in [-0.25, -0.2) is 0 Å². The molecule has 2 rings (SSSR count). The first kappa shape index (κ1) is 11.6. The van der Waals surface area contributed by atoms with Crippen LogP contribution in [0.4, 0.5) is 0 Å². The van der Waals surface area contributed by atoms with Crippen LogP contribution in [0.1, 0.15) is 36.7 Å². The minimum Gasteiger partial charge on any atom is -0.268 e. The molecular formula is C15H18N2. The van der Waals surface area contributed by atoms with Crippen molar-refractivity contribution in [2.45, 2.75) is 19.8 Å². The molecule has 0 unspecified atom stereocenters. The highest BCUT2D eigenvalue weighted by Gasteiger charge is 2.05. The molecule has 1 aromatic heterocycles. The molecule has 0 atom stereocenters. The molecule has 0 radical (unpaired) electrons. The summed E-state index contributed by atoms with van der Waals surface area (Å²) in [4.78, 5) is 0. The lowest BCUT2D eigenvalue weighted by molar-refractivity contribution is 0.709. The molecule has 0 saturated carbocycles. The highest BCUT2D eigenvalue weighted by atomic mass is 15.3. The summed E-state index contributed by atoms with van der Waals surface area (Å²) in [5.74, 6) is 0.472. The lowest BCUT2D eigenvalue weighted by Gasteiger charge is -1.95. The zero-order valence-electron chi connectivity index (χ0n) is 10.6. The molecule has 0 fully saturated rings. The van der Waals surface area contributed by atoms with Crippen LogP contribution in [0.3, 0.4) is 0 Å². The van der Waals surface area contributed by atoms with E-state index in [-0.39, 0.29) is 0 Å². The molecular weight excluding hydrogens is 208 g/mol. The van der Waals surface area contributed by atoms with Crippen LogP contribution < -0.4 is 0 Å². The minimum absolute atomic E-state index is 0.472. The third kappa shape index (κ3) is 2.84. The van der Waals surface area contributed by atoms with Crippen LogP contribution in [0.5, 0.6) is 0 Å². The van der Waals surface area contributed by atoms with Crippen molar-refractivity contribution in [3.05, 3.63) is 53.3 Å². The van der Waals surface area contributed by atoms with Crippen molar-refractivity contribution in [2.75, 3.05) is 0 Å². The van der Waals surface area contributed by atoms with E-state index in [1.807, 2.05) is 29.9 Å². The largest absolute Gasteiger partial charge is 0.268 e. The van der Waals surface area contributed by atoms with Gasteiger partial charge in [-0.05, 0) is 23.6 Å². The Morgan fingerprint density at radius 2 is 1.82 bits per heavy atom. The Bertz CT molecular complexity index is 507. The van der Waals surface area contributed by atoms with Crippen molar-refractivity contribution in [2.24, 2.45) is 7.05 Å². The normalized spacial score (nSPS) is 11.5. The molecule has 0 aliphatic heterocycles. The Balaban J connectivity index is 2.22. The molecule has 1 aromatic carbocycles. The predicted molar refractivity (Wildman–Crippen MR) is 72.7 cm³/mol. The molecule has 2 heteroatoms. The van der Waals surface area contributed by atoms with Crippen LogP contribution in [-0.2, 0) is 7.05 Å². The summed E-state index contributed by atoms with van der Waals surface area (Å²) in [6.45, 7) is 4.32. The van der Waals surface area contributed by atoms with Crippen LogP contribution in [-0.4, -0.2) is 9.78 Å². The van der Waals surface area contributed by atoms with Gasteiger partial charge in [-0.2, -0.15) is 5.10 Å². The van der Waals surface area contributed by atoms with Gasteiger partial charge < -0.3 is 0 Å². The van der Waals surface area contributed by atoms with Gasteiger partial charge in [-0.1, -0.05) is 50.3 Å². The van der Waals surface area contributed by atoms with Gasteiger partial charge in [0.1, 0.15) is 0 Å². The van der Waals surface area contributed by atoms with Gasteiger partial charge in [0.2, 0.25) is 0 Å². The molecule has 0 spiro atoms. The number of nitrogens with zero attached hydrogens (tertiary/aromatic N) is 2. The highest BCUT2D eigenvalue weighted by Crippen LogP contribution is 2.15. The van der Waals surface area contributed by atoms with Crippen molar-refractivity contribution >= 4 is 12.2 Å². The maximum atomic E-state index is 4.49. The van der Waals surface area contributed by atoms with E-state index in [1.54, 1.807) is 0 Å². The molecule has 0 aliphatic rings. The molecule has 2 aromatic rings. The van der Waals surface area contributed by atoms with E-state index in [1.165, 1.54) is 5.56 Å². The Labute approximate surface area is 103 Å². The van der Waals surface area contributed by atoms with Crippen LogP contribution in [0.2, 0.25) is 0 Å². The Kier molecular flexibility index (Phi) is 3.43. The molecule has 0 N–H and O–H groups in total. The van der Waals surface area contributed by atoms with Gasteiger partial charge in [-0.3, -0.25) is 4.68 Å². The smallest absolute Gasteiger partial charge is 0.0656 e. The Morgan fingerprint density at radius 1 is 1.12 bits per heavy atom. The van der Waals surface area contributed by atoms with E-state index < -0.39 is 0 Å². The molecule has 0 aliphatic carbocycles. The first-order chi connectivity index (χ1) is 8.16. The zero-order chi connectivity index (χ0) is 12.3. The SMILES string of the molecule is CC(C)c1cc(/C=C/c2ccccc2)n(C)n1. The van der Waals surface area contributed by atoms with Crippen LogP contribution in [0, 0.1) is 0 Å². The number of aryl methyl sites for hydroxylation is 1. The van der Waals surface area contributed by atoms with Crippen LogP contribution >= 0.6 is 0 Å². The molecule has 88 valence electrons. The maximum Gasteiger partial charge on any atom is 0.0656 e. The first-order valence-corrected chi connectivity index (χ1v) is 5.94. The van der Waals surface area contributed by atoms with Gasteiger partial charge in [-0.15, -0.1) is 0 Å². The van der Waals surface area contributed by atoms with E-state index in [2.05, 4.69) is 49.3 Å². The third-order valence-corrected chi connectivity index (χ3v) is 2.77. The summed E-state index contributed by atoms with van der Waals surface area (Å²) in [6, 6.07) is 12.4. The number of hydrogen-bond acceptors (Lipinski definition) is 1. The standard InChI is InChI=1S/C15H18N2/c1-12(2)15-11-14(17(3)16-15)10-9-13-7-5-4-6-8-13/h4-12H,1-3H3/b10-9+. The summed E-state index contributed by atoms with van der Waals surface area (Å²) in [6.07, 6.45) is 4.22. The zero-order valence-corrected chi connectivity index (χ0v) is 10.6. The molecule has 0 saturated heterocycles. The summed E-state index contributed by atoms with van der Waals surface area (Å²) < 4.78 is 1.93. The van der Waals surface area contributed by atoms with E-state index >= 15 is 0 Å². The third-order valence-electron chi connectivity index (χ3n) is 2.77. The lowest BCUT2D eigenvalue weighted by Crippen LogP contribution is -1.94. The Morgan fingerprint density at radius 3 is 2.41 bits per heavy atom. The number of hydrogen-bond donors (Lipinski definition) is 0. The van der Waals surface area contributed by atoms with Gasteiger partial charge >= 0.3 is 0 Å². The van der Waals surface area contributed by atoms with Gasteiger partial charge in [0.25, 0.3) is 0 Å². The molecule has 2 nitrogen and oxygen atoms in total. The van der Waals surface area contributed by atoms with Crippen LogP contribution in [0.25, 0.3) is 12.2 Å². The summed E-state index contributed by atoms with van der Waals surface area (Å²) >= 11 is 0. The number of aromatic nitrogens is 2. The quantitative estimate of drug-likeness (QED) is 0.780. The number of benzene rings is 1.